The molecule has 0 bridgehead atoms. The first-order valence-electron chi connectivity index (χ1n) is 8.38. The average molecular weight is 393 g/mol. The van der Waals surface area contributed by atoms with Gasteiger partial charge in [0.15, 0.2) is 0 Å². The monoisotopic (exact) mass is 392 g/mol. The lowest BCUT2D eigenvalue weighted by Gasteiger charge is -2.16. The molecule has 0 radical (unpaired) electrons. The molecule has 2 N–H and O–H groups in total. The highest BCUT2D eigenvalue weighted by atomic mass is 35.5. The van der Waals surface area contributed by atoms with E-state index in [2.05, 4.69) is 10.0 Å². The molecule has 1 saturated carbocycles. The standard InChI is InChI=1S/C19H21ClN2O3S/c1-21-26(24,25)13-15-4-2-14(3-5-15)12-22-18(23)19(10-11-19)16-6-8-17(20)9-7-16/h2-9,21H,10-13H2,1H3,(H,22,23). The van der Waals surface area contributed by atoms with E-state index < -0.39 is 15.4 Å². The van der Waals surface area contributed by atoms with E-state index >= 15 is 0 Å². The molecule has 0 aliphatic heterocycles. The lowest BCUT2D eigenvalue weighted by molar-refractivity contribution is -0.123. The Hall–Kier alpha value is -1.89. The van der Waals surface area contributed by atoms with Gasteiger partial charge in [-0.05, 0) is 48.7 Å². The van der Waals surface area contributed by atoms with Crippen molar-refractivity contribution < 1.29 is 13.2 Å². The Bertz CT molecular complexity index is 889. The fourth-order valence-corrected chi connectivity index (χ4v) is 3.84. The molecule has 1 fully saturated rings. The molecule has 2 aromatic carbocycles. The number of rotatable bonds is 7. The van der Waals surface area contributed by atoms with E-state index in [1.54, 1.807) is 12.1 Å². The highest BCUT2D eigenvalue weighted by Gasteiger charge is 2.50. The number of amides is 1. The number of carbonyl (C=O) groups excluding carboxylic acids is 1. The second-order valence-corrected chi connectivity index (χ2v) is 8.91. The summed E-state index contributed by atoms with van der Waals surface area (Å²) in [6.45, 7) is 0.410. The van der Waals surface area contributed by atoms with E-state index in [0.717, 1.165) is 24.0 Å². The molecule has 0 atom stereocenters. The lowest BCUT2D eigenvalue weighted by atomic mass is 9.95. The molecule has 1 aliphatic rings. The van der Waals surface area contributed by atoms with E-state index in [1.165, 1.54) is 7.05 Å². The van der Waals surface area contributed by atoms with Crippen LogP contribution in [0.5, 0.6) is 0 Å². The molecule has 138 valence electrons. The van der Waals surface area contributed by atoms with Crippen LogP contribution in [0.25, 0.3) is 0 Å². The molecule has 7 heteroatoms. The zero-order chi connectivity index (χ0) is 18.8. The number of nitrogens with one attached hydrogen (secondary N) is 2. The second kappa shape index (κ2) is 7.39. The topological polar surface area (TPSA) is 75.3 Å². The van der Waals surface area contributed by atoms with Gasteiger partial charge in [0.25, 0.3) is 0 Å². The summed E-state index contributed by atoms with van der Waals surface area (Å²) in [5.74, 6) is -0.0443. The van der Waals surface area contributed by atoms with Gasteiger partial charge in [0.05, 0.1) is 11.2 Å². The Morgan fingerprint density at radius 3 is 2.15 bits per heavy atom. The first-order valence-corrected chi connectivity index (χ1v) is 10.4. The summed E-state index contributed by atoms with van der Waals surface area (Å²) in [7, 11) is -1.89. The Labute approximate surface area is 158 Å². The van der Waals surface area contributed by atoms with Gasteiger partial charge in [-0.2, -0.15) is 0 Å². The van der Waals surface area contributed by atoms with Crippen LogP contribution in [0.4, 0.5) is 0 Å². The third-order valence-corrected chi connectivity index (χ3v) is 6.31. The minimum atomic E-state index is -3.29. The number of hydrogen-bond donors (Lipinski definition) is 2. The van der Waals surface area contributed by atoms with Gasteiger partial charge in [-0.25, -0.2) is 13.1 Å². The maximum Gasteiger partial charge on any atom is 0.230 e. The first-order chi connectivity index (χ1) is 12.3. The Balaban J connectivity index is 1.60. The molecule has 26 heavy (non-hydrogen) atoms. The maximum atomic E-state index is 12.6. The van der Waals surface area contributed by atoms with Gasteiger partial charge >= 0.3 is 0 Å². The molecular formula is C19H21ClN2O3S. The summed E-state index contributed by atoms with van der Waals surface area (Å²) in [6, 6.07) is 14.6. The molecule has 2 aromatic rings. The number of halogens is 1. The second-order valence-electron chi connectivity index (χ2n) is 6.55. The van der Waals surface area contributed by atoms with Crippen molar-refractivity contribution in [3.05, 3.63) is 70.2 Å². The number of carbonyl (C=O) groups is 1. The van der Waals surface area contributed by atoms with Crippen molar-refractivity contribution in [1.82, 2.24) is 10.0 Å². The van der Waals surface area contributed by atoms with Crippen molar-refractivity contribution in [2.75, 3.05) is 7.05 Å². The highest BCUT2D eigenvalue weighted by Crippen LogP contribution is 2.48. The van der Waals surface area contributed by atoms with Crippen molar-refractivity contribution in [2.45, 2.75) is 30.6 Å². The molecule has 0 spiro atoms. The van der Waals surface area contributed by atoms with Crippen LogP contribution in [0.15, 0.2) is 48.5 Å². The van der Waals surface area contributed by atoms with Crippen LogP contribution in [-0.2, 0) is 32.5 Å². The van der Waals surface area contributed by atoms with Gasteiger partial charge < -0.3 is 5.32 Å². The number of hydrogen-bond acceptors (Lipinski definition) is 3. The molecule has 0 saturated heterocycles. The SMILES string of the molecule is CNS(=O)(=O)Cc1ccc(CNC(=O)C2(c3ccc(Cl)cc3)CC2)cc1. The Kier molecular flexibility index (Phi) is 5.37. The predicted molar refractivity (Wildman–Crippen MR) is 102 cm³/mol. The fraction of sp³-hybridized carbons (Fsp3) is 0.316. The summed E-state index contributed by atoms with van der Waals surface area (Å²) >= 11 is 5.92. The van der Waals surface area contributed by atoms with E-state index in [1.807, 2.05) is 36.4 Å². The molecule has 0 aromatic heterocycles. The van der Waals surface area contributed by atoms with Crippen LogP contribution in [0.3, 0.4) is 0 Å². The van der Waals surface area contributed by atoms with Crippen LogP contribution in [0, 0.1) is 0 Å². The third kappa shape index (κ3) is 4.26. The summed E-state index contributed by atoms with van der Waals surface area (Å²) in [6.07, 6.45) is 1.67. The van der Waals surface area contributed by atoms with Crippen molar-refractivity contribution in [3.63, 3.8) is 0 Å². The Morgan fingerprint density at radius 1 is 1.04 bits per heavy atom. The van der Waals surface area contributed by atoms with E-state index in [4.69, 9.17) is 11.6 Å². The lowest BCUT2D eigenvalue weighted by Crippen LogP contribution is -2.34. The predicted octanol–water partition coefficient (Wildman–Crippen LogP) is 2.74. The van der Waals surface area contributed by atoms with Crippen molar-refractivity contribution >= 4 is 27.5 Å². The summed E-state index contributed by atoms with van der Waals surface area (Å²) in [4.78, 5) is 12.6. The fourth-order valence-electron chi connectivity index (χ4n) is 2.94. The van der Waals surface area contributed by atoms with Crippen molar-refractivity contribution in [2.24, 2.45) is 0 Å². The maximum absolute atomic E-state index is 12.6. The largest absolute Gasteiger partial charge is 0.351 e. The Morgan fingerprint density at radius 2 is 1.62 bits per heavy atom. The normalized spacial score (nSPS) is 15.5. The van der Waals surface area contributed by atoms with E-state index in [0.29, 0.717) is 17.1 Å². The summed E-state index contributed by atoms with van der Waals surface area (Å²) < 4.78 is 25.4. The molecular weight excluding hydrogens is 372 g/mol. The van der Waals surface area contributed by atoms with Crippen LogP contribution in [-0.4, -0.2) is 21.4 Å². The van der Waals surface area contributed by atoms with Gasteiger partial charge in [0.1, 0.15) is 0 Å². The van der Waals surface area contributed by atoms with Crippen molar-refractivity contribution in [1.29, 1.82) is 0 Å². The smallest absolute Gasteiger partial charge is 0.230 e. The number of benzene rings is 2. The van der Waals surface area contributed by atoms with Gasteiger partial charge in [-0.1, -0.05) is 48.0 Å². The van der Waals surface area contributed by atoms with Crippen LogP contribution >= 0.6 is 11.6 Å². The minimum Gasteiger partial charge on any atom is -0.351 e. The molecule has 3 rings (SSSR count). The first kappa shape index (κ1) is 18.9. The number of sulfonamides is 1. The van der Waals surface area contributed by atoms with Crippen molar-refractivity contribution in [3.8, 4) is 0 Å². The van der Waals surface area contributed by atoms with Crippen LogP contribution < -0.4 is 10.0 Å². The van der Waals surface area contributed by atoms with Gasteiger partial charge in [-0.3, -0.25) is 4.79 Å². The van der Waals surface area contributed by atoms with E-state index in [9.17, 15) is 13.2 Å². The molecule has 1 amide bonds. The molecule has 5 nitrogen and oxygen atoms in total. The van der Waals surface area contributed by atoms with Gasteiger partial charge in [0.2, 0.25) is 15.9 Å². The molecule has 0 unspecified atom stereocenters. The zero-order valence-corrected chi connectivity index (χ0v) is 16.0. The van der Waals surface area contributed by atoms with Crippen LogP contribution in [0.2, 0.25) is 5.02 Å². The quantitative estimate of drug-likeness (QED) is 0.760. The van der Waals surface area contributed by atoms with Gasteiger partial charge in [-0.15, -0.1) is 0 Å². The molecule has 0 heterocycles. The van der Waals surface area contributed by atoms with Crippen LogP contribution in [0.1, 0.15) is 29.5 Å². The third-order valence-electron chi connectivity index (χ3n) is 4.73. The zero-order valence-electron chi connectivity index (χ0n) is 14.5. The molecule has 1 aliphatic carbocycles. The minimum absolute atomic E-state index is 0.0154. The van der Waals surface area contributed by atoms with E-state index in [-0.39, 0.29) is 11.7 Å². The average Bonchev–Trinajstić information content (AvgIpc) is 3.43. The highest BCUT2D eigenvalue weighted by molar-refractivity contribution is 7.88. The summed E-state index contributed by atoms with van der Waals surface area (Å²) in [5.41, 5.74) is 2.18. The summed E-state index contributed by atoms with van der Waals surface area (Å²) in [5, 5.41) is 3.65. The van der Waals surface area contributed by atoms with Gasteiger partial charge in [0, 0.05) is 11.6 Å².